The summed E-state index contributed by atoms with van der Waals surface area (Å²) in [7, 11) is 1.92. The van der Waals surface area contributed by atoms with Crippen LogP contribution in [0.25, 0.3) is 50.2 Å². The fourth-order valence-corrected chi connectivity index (χ4v) is 6.81. The summed E-state index contributed by atoms with van der Waals surface area (Å²) in [4.78, 5) is 17.8. The van der Waals surface area contributed by atoms with E-state index < -0.39 is 23.5 Å². The molecule has 1 atom stereocenters. The van der Waals surface area contributed by atoms with Crippen molar-refractivity contribution in [1.29, 1.82) is 0 Å². The number of hydrogen-bond donors (Lipinski definition) is 1. The number of aryl methyl sites for hydroxylation is 3. The molecule has 0 amide bonds. The van der Waals surface area contributed by atoms with Crippen molar-refractivity contribution in [1.82, 2.24) is 24.4 Å². The van der Waals surface area contributed by atoms with Crippen LogP contribution in [0.4, 0.5) is 4.39 Å². The van der Waals surface area contributed by atoms with Crippen LogP contribution in [0.5, 0.6) is 5.75 Å². The number of carbonyl (C=O) groups is 1. The number of hydrogen-bond acceptors (Lipinski definition) is 6. The van der Waals surface area contributed by atoms with Gasteiger partial charge in [0.15, 0.2) is 23.3 Å². The van der Waals surface area contributed by atoms with E-state index in [0.29, 0.717) is 46.9 Å². The Bertz CT molecular complexity index is 2260. The molecule has 9 nitrogen and oxygen atoms in total. The minimum absolute atomic E-state index is 0.255. The molecule has 0 spiro atoms. The van der Waals surface area contributed by atoms with E-state index in [1.807, 2.05) is 43.9 Å². The average molecular weight is 648 g/mol. The average Bonchev–Trinajstić information content (AvgIpc) is 3.59. The lowest BCUT2D eigenvalue weighted by molar-refractivity contribution is -0.160. The summed E-state index contributed by atoms with van der Waals surface area (Å²) in [6.07, 6.45) is 1.88. The van der Waals surface area contributed by atoms with Gasteiger partial charge in [0.1, 0.15) is 0 Å². The third kappa shape index (κ3) is 5.30. The van der Waals surface area contributed by atoms with Crippen molar-refractivity contribution in [2.75, 3.05) is 6.61 Å². The van der Waals surface area contributed by atoms with Crippen LogP contribution in [0.1, 0.15) is 61.2 Å². The Labute approximate surface area is 278 Å². The SMILES string of the molecule is Cc1nc2c(C)c(-c3cccc(-c4ccc5c(cnn5C)c4)c3)nn2c(-c2cc(F)c3c(c2C)CCCO3)c1C(OC(C)(C)C)C(=O)O. The first-order valence-electron chi connectivity index (χ1n) is 16.1. The number of halogens is 1. The van der Waals surface area contributed by atoms with Gasteiger partial charge in [-0.15, -0.1) is 0 Å². The van der Waals surface area contributed by atoms with Gasteiger partial charge in [-0.1, -0.05) is 24.3 Å². The molecule has 4 heterocycles. The van der Waals surface area contributed by atoms with Gasteiger partial charge in [0.25, 0.3) is 0 Å². The first kappa shape index (κ1) is 31.5. The fourth-order valence-electron chi connectivity index (χ4n) is 6.81. The van der Waals surface area contributed by atoms with Crippen LogP contribution in [-0.2, 0) is 23.0 Å². The molecule has 0 aliphatic carbocycles. The Morgan fingerprint density at radius 2 is 1.79 bits per heavy atom. The van der Waals surface area contributed by atoms with Crippen LogP contribution in [-0.4, -0.2) is 47.7 Å². The van der Waals surface area contributed by atoms with Crippen LogP contribution in [0.2, 0.25) is 0 Å². The van der Waals surface area contributed by atoms with Gasteiger partial charge >= 0.3 is 5.97 Å². The van der Waals surface area contributed by atoms with Crippen molar-refractivity contribution < 1.29 is 23.8 Å². The third-order valence-electron chi connectivity index (χ3n) is 9.09. The molecule has 0 saturated carbocycles. The molecule has 3 aromatic carbocycles. The molecule has 1 aliphatic rings. The molecule has 48 heavy (non-hydrogen) atoms. The van der Waals surface area contributed by atoms with Gasteiger partial charge in [0.05, 0.1) is 35.3 Å². The number of aromatic nitrogens is 5. The highest BCUT2D eigenvalue weighted by molar-refractivity contribution is 5.87. The number of nitrogens with zero attached hydrogens (tertiary/aromatic N) is 5. The van der Waals surface area contributed by atoms with E-state index in [-0.39, 0.29) is 5.75 Å². The molecule has 1 aliphatic heterocycles. The Kier molecular flexibility index (Phi) is 7.58. The summed E-state index contributed by atoms with van der Waals surface area (Å²) in [6.45, 7) is 11.5. The van der Waals surface area contributed by atoms with Crippen molar-refractivity contribution in [3.05, 3.63) is 88.5 Å². The predicted octanol–water partition coefficient (Wildman–Crippen LogP) is 7.95. The highest BCUT2D eigenvalue weighted by atomic mass is 19.1. The van der Waals surface area contributed by atoms with Crippen LogP contribution < -0.4 is 4.74 Å². The van der Waals surface area contributed by atoms with E-state index in [0.717, 1.165) is 50.7 Å². The first-order valence-corrected chi connectivity index (χ1v) is 16.1. The Morgan fingerprint density at radius 1 is 1.04 bits per heavy atom. The minimum atomic E-state index is -1.38. The zero-order valence-electron chi connectivity index (χ0n) is 28.2. The van der Waals surface area contributed by atoms with Crippen LogP contribution in [0, 0.1) is 26.6 Å². The van der Waals surface area contributed by atoms with Crippen molar-refractivity contribution in [3.63, 3.8) is 0 Å². The smallest absolute Gasteiger partial charge is 0.337 e. The number of carboxylic acid groups (broad SMARTS) is 1. The molecule has 3 aromatic heterocycles. The lowest BCUT2D eigenvalue weighted by Gasteiger charge is -2.28. The molecular weight excluding hydrogens is 609 g/mol. The summed E-state index contributed by atoms with van der Waals surface area (Å²) >= 11 is 0. The molecule has 6 aromatic rings. The standard InChI is InChI=1S/C38H38FN5O4/c1-20-27-12-9-15-47-34(27)29(39)18-28(20)33-31(35(37(45)46)48-38(4,5)6)22(3)41-36-21(2)32(42-44(33)36)25-11-8-10-23(16-25)24-13-14-30-26(17-24)19-40-43(30)7/h8,10-11,13-14,16-19,35H,9,12,15H2,1-7H3,(H,45,46). The van der Waals surface area contributed by atoms with E-state index in [1.54, 1.807) is 32.2 Å². The van der Waals surface area contributed by atoms with E-state index in [9.17, 15) is 9.90 Å². The Hall–Kier alpha value is -5.09. The van der Waals surface area contributed by atoms with E-state index >= 15 is 4.39 Å². The number of aliphatic carboxylic acids is 1. The van der Waals surface area contributed by atoms with Gasteiger partial charge < -0.3 is 14.6 Å². The van der Waals surface area contributed by atoms with E-state index in [4.69, 9.17) is 19.6 Å². The van der Waals surface area contributed by atoms with Crippen molar-refractivity contribution >= 4 is 22.5 Å². The number of benzene rings is 3. The minimum Gasteiger partial charge on any atom is -0.490 e. The van der Waals surface area contributed by atoms with E-state index in [2.05, 4.69) is 35.4 Å². The third-order valence-corrected chi connectivity index (χ3v) is 9.09. The number of rotatable bonds is 6. The quantitative estimate of drug-likeness (QED) is 0.196. The summed E-state index contributed by atoms with van der Waals surface area (Å²) in [5, 5.41) is 21.1. The fraction of sp³-hybridized carbons (Fsp3) is 0.316. The van der Waals surface area contributed by atoms with Gasteiger partial charge in [-0.2, -0.15) is 10.2 Å². The molecule has 246 valence electrons. The molecule has 1 unspecified atom stereocenters. The summed E-state index contributed by atoms with van der Waals surface area (Å²) < 4.78 is 31.2. The molecule has 0 saturated heterocycles. The molecule has 7 rings (SSSR count). The van der Waals surface area contributed by atoms with Crippen LogP contribution in [0.3, 0.4) is 0 Å². The highest BCUT2D eigenvalue weighted by Crippen LogP contribution is 2.43. The molecule has 0 bridgehead atoms. The van der Waals surface area contributed by atoms with Gasteiger partial charge in [-0.25, -0.2) is 18.7 Å². The van der Waals surface area contributed by atoms with Crippen molar-refractivity contribution in [2.45, 2.75) is 66.1 Å². The largest absolute Gasteiger partial charge is 0.490 e. The number of ether oxygens (including phenoxy) is 2. The van der Waals surface area contributed by atoms with E-state index in [1.165, 1.54) is 6.07 Å². The topological polar surface area (TPSA) is 104 Å². The second-order valence-electron chi connectivity index (χ2n) is 13.5. The van der Waals surface area contributed by atoms with Gasteiger partial charge in [0.2, 0.25) is 0 Å². The zero-order valence-corrected chi connectivity index (χ0v) is 28.2. The lowest BCUT2D eigenvalue weighted by atomic mass is 9.91. The molecule has 1 N–H and O–H groups in total. The summed E-state index contributed by atoms with van der Waals surface area (Å²) in [6, 6.07) is 15.8. The van der Waals surface area contributed by atoms with Crippen LogP contribution >= 0.6 is 0 Å². The summed E-state index contributed by atoms with van der Waals surface area (Å²) in [5.74, 6) is -1.41. The summed E-state index contributed by atoms with van der Waals surface area (Å²) in [5.41, 5.74) is 8.57. The maximum absolute atomic E-state index is 15.8. The maximum Gasteiger partial charge on any atom is 0.337 e. The predicted molar refractivity (Wildman–Crippen MR) is 183 cm³/mol. The zero-order chi connectivity index (χ0) is 34.1. The second kappa shape index (κ2) is 11.6. The number of carboxylic acids is 1. The normalized spacial score (nSPS) is 13.9. The molecule has 10 heteroatoms. The molecular formula is C38H38FN5O4. The van der Waals surface area contributed by atoms with Gasteiger partial charge in [0, 0.05) is 45.9 Å². The van der Waals surface area contributed by atoms with Crippen molar-refractivity contribution in [2.24, 2.45) is 7.05 Å². The molecule has 0 radical (unpaired) electrons. The van der Waals surface area contributed by atoms with Crippen molar-refractivity contribution in [3.8, 4) is 39.4 Å². The first-order chi connectivity index (χ1) is 22.8. The van der Waals surface area contributed by atoms with Gasteiger partial charge in [-0.3, -0.25) is 4.68 Å². The Morgan fingerprint density at radius 3 is 2.54 bits per heavy atom. The highest BCUT2D eigenvalue weighted by Gasteiger charge is 2.35. The Balaban J connectivity index is 1.48. The number of fused-ring (bicyclic) bond motifs is 3. The monoisotopic (exact) mass is 647 g/mol. The van der Waals surface area contributed by atoms with Crippen LogP contribution in [0.15, 0.2) is 54.7 Å². The lowest BCUT2D eigenvalue weighted by Crippen LogP contribution is -2.29. The van der Waals surface area contributed by atoms with Gasteiger partial charge in [-0.05, 0) is 95.3 Å². The molecule has 0 fully saturated rings. The maximum atomic E-state index is 15.8. The second-order valence-corrected chi connectivity index (χ2v) is 13.5.